The Kier molecular flexibility index (Phi) is 7.06. The number of nitrogens with one attached hydrogen (secondary N) is 2. The van der Waals surface area contributed by atoms with Crippen molar-refractivity contribution in [3.8, 4) is 6.07 Å². The number of amides is 3. The van der Waals surface area contributed by atoms with E-state index in [2.05, 4.69) is 32.3 Å². The van der Waals surface area contributed by atoms with Crippen LogP contribution in [-0.4, -0.2) is 52.4 Å². The lowest BCUT2D eigenvalue weighted by Crippen LogP contribution is -2.60. The van der Waals surface area contributed by atoms with Crippen LogP contribution in [0, 0.1) is 34.0 Å². The Hall–Kier alpha value is -2.72. The summed E-state index contributed by atoms with van der Waals surface area (Å²) in [6.07, 6.45) is -2.01. The van der Waals surface area contributed by atoms with Gasteiger partial charge in [0, 0.05) is 39.7 Å². The van der Waals surface area contributed by atoms with Crippen molar-refractivity contribution in [2.45, 2.75) is 58.9 Å². The van der Waals surface area contributed by atoms with E-state index in [0.29, 0.717) is 5.56 Å². The van der Waals surface area contributed by atoms with Crippen LogP contribution in [0.2, 0.25) is 0 Å². The molecule has 1 saturated carbocycles. The van der Waals surface area contributed by atoms with Crippen molar-refractivity contribution in [3.05, 3.63) is 27.8 Å². The number of likely N-dealkylation sites (tertiary alicyclic amines) is 1. The summed E-state index contributed by atoms with van der Waals surface area (Å²) < 4.78 is 40.7. The maximum atomic E-state index is 13.7. The highest BCUT2D eigenvalue weighted by molar-refractivity contribution is 9.10. The van der Waals surface area contributed by atoms with Gasteiger partial charge in [-0.25, -0.2) is 0 Å². The molecule has 1 aliphatic heterocycles. The zero-order valence-electron chi connectivity index (χ0n) is 21.3. The number of aromatic nitrogens is 1. The third-order valence-corrected chi connectivity index (χ3v) is 9.45. The first-order chi connectivity index (χ1) is 17.5. The number of alkyl halides is 3. The first-order valence-corrected chi connectivity index (χ1v) is 13.6. The van der Waals surface area contributed by atoms with Crippen LogP contribution in [0.25, 0.3) is 10.1 Å². The van der Waals surface area contributed by atoms with Gasteiger partial charge in [-0.1, -0.05) is 34.6 Å². The Morgan fingerprint density at radius 2 is 1.89 bits per heavy atom. The van der Waals surface area contributed by atoms with Crippen molar-refractivity contribution in [3.63, 3.8) is 0 Å². The van der Waals surface area contributed by atoms with E-state index in [1.807, 2.05) is 24.5 Å². The predicted octanol–water partition coefficient (Wildman–Crippen LogP) is 4.32. The average molecular weight is 614 g/mol. The van der Waals surface area contributed by atoms with Crippen LogP contribution in [-0.2, 0) is 14.4 Å². The summed E-state index contributed by atoms with van der Waals surface area (Å²) in [4.78, 5) is 44.5. The van der Waals surface area contributed by atoms with Crippen LogP contribution in [0.5, 0.6) is 0 Å². The summed E-state index contributed by atoms with van der Waals surface area (Å²) in [5, 5.41) is 17.1. The van der Waals surface area contributed by atoms with Crippen LogP contribution in [0.4, 0.5) is 13.2 Å². The molecule has 5 atom stereocenters. The zero-order chi connectivity index (χ0) is 28.4. The van der Waals surface area contributed by atoms with Gasteiger partial charge in [-0.05, 0) is 38.6 Å². The quantitative estimate of drug-likeness (QED) is 0.521. The number of nitrogens with zero attached hydrogens (tertiary/aromatic N) is 3. The van der Waals surface area contributed by atoms with Crippen molar-refractivity contribution in [1.82, 2.24) is 20.5 Å². The molecule has 4 rings (SSSR count). The topological polar surface area (TPSA) is 115 Å². The van der Waals surface area contributed by atoms with Crippen LogP contribution in [0.1, 0.15) is 46.2 Å². The summed E-state index contributed by atoms with van der Waals surface area (Å²) in [6, 6.07) is -1.51. The number of rotatable bonds is 5. The number of hydrogen-bond donors (Lipinski definition) is 2. The molecule has 13 heteroatoms. The van der Waals surface area contributed by atoms with E-state index in [1.165, 1.54) is 22.4 Å². The molecule has 2 N–H and O–H groups in total. The largest absolute Gasteiger partial charge is 0.471 e. The summed E-state index contributed by atoms with van der Waals surface area (Å²) >= 11 is 4.89. The van der Waals surface area contributed by atoms with Crippen molar-refractivity contribution in [2.24, 2.45) is 22.7 Å². The third kappa shape index (κ3) is 4.88. The van der Waals surface area contributed by atoms with Gasteiger partial charge in [0.05, 0.1) is 10.8 Å². The number of nitriles is 1. The number of carbonyl (C=O) groups excluding carboxylic acids is 3. The van der Waals surface area contributed by atoms with E-state index in [-0.39, 0.29) is 23.8 Å². The molecule has 1 aliphatic carbocycles. The lowest BCUT2D eigenvalue weighted by Gasteiger charge is -2.37. The van der Waals surface area contributed by atoms with Crippen LogP contribution >= 0.6 is 27.3 Å². The molecule has 3 amide bonds. The molecule has 8 nitrogen and oxygen atoms in total. The minimum Gasteiger partial charge on any atom is -0.336 e. The van der Waals surface area contributed by atoms with E-state index in [1.54, 1.807) is 27.0 Å². The third-order valence-electron chi connectivity index (χ3n) is 7.60. The first-order valence-electron chi connectivity index (χ1n) is 11.9. The summed E-state index contributed by atoms with van der Waals surface area (Å²) in [5.41, 5.74) is -0.854. The van der Waals surface area contributed by atoms with Crippen molar-refractivity contribution >= 4 is 55.1 Å². The molecule has 0 spiro atoms. The van der Waals surface area contributed by atoms with Gasteiger partial charge >= 0.3 is 12.1 Å². The second kappa shape index (κ2) is 9.48. The first kappa shape index (κ1) is 28.3. The highest BCUT2D eigenvalue weighted by atomic mass is 79.9. The lowest BCUT2D eigenvalue weighted by molar-refractivity contribution is -0.176. The Bertz CT molecular complexity index is 1350. The Balaban J connectivity index is 1.64. The van der Waals surface area contributed by atoms with Crippen molar-refractivity contribution in [1.29, 1.82) is 5.26 Å². The molecule has 204 valence electrons. The summed E-state index contributed by atoms with van der Waals surface area (Å²) in [6.45, 7) is 8.71. The number of hydrogen-bond acceptors (Lipinski definition) is 6. The number of piperidine rings is 1. The molecular weight excluding hydrogens is 587 g/mol. The highest BCUT2D eigenvalue weighted by Gasteiger charge is 2.70. The van der Waals surface area contributed by atoms with E-state index >= 15 is 0 Å². The Morgan fingerprint density at radius 3 is 2.47 bits per heavy atom. The molecule has 2 aromatic rings. The summed E-state index contributed by atoms with van der Waals surface area (Å²) in [5.74, 6) is -3.86. The number of pyridine rings is 1. The fourth-order valence-electron chi connectivity index (χ4n) is 5.44. The molecule has 1 saturated heterocycles. The summed E-state index contributed by atoms with van der Waals surface area (Å²) in [7, 11) is 0. The number of thiophene rings is 1. The second-order valence-corrected chi connectivity index (χ2v) is 13.2. The molecular formula is C25H27BrF3N5O3S. The SMILES string of the molecule is CC(C)(C)[C@H](NC(=O)C(F)(F)F)C(=O)N1C[C@H]2[C@@H]([C@H]1C(=O)NC(C#N)c1cncc3scc(Br)c13)C2(C)C. The van der Waals surface area contributed by atoms with Gasteiger partial charge < -0.3 is 15.5 Å². The van der Waals surface area contributed by atoms with Crippen molar-refractivity contribution < 1.29 is 27.6 Å². The molecule has 0 radical (unpaired) electrons. The lowest BCUT2D eigenvalue weighted by atomic mass is 9.85. The Labute approximate surface area is 230 Å². The number of carbonyl (C=O) groups is 3. The van der Waals surface area contributed by atoms with Gasteiger partial charge in [-0.2, -0.15) is 18.4 Å². The van der Waals surface area contributed by atoms with E-state index in [0.717, 1.165) is 14.6 Å². The van der Waals surface area contributed by atoms with E-state index in [9.17, 15) is 32.8 Å². The smallest absolute Gasteiger partial charge is 0.336 e. The van der Waals surface area contributed by atoms with Gasteiger partial charge in [0.15, 0.2) is 0 Å². The minimum atomic E-state index is -5.17. The van der Waals surface area contributed by atoms with Gasteiger partial charge in [-0.15, -0.1) is 11.3 Å². The predicted molar refractivity (Wildman–Crippen MR) is 138 cm³/mol. The van der Waals surface area contributed by atoms with E-state index in [4.69, 9.17) is 0 Å². The van der Waals surface area contributed by atoms with E-state index < -0.39 is 47.4 Å². The average Bonchev–Trinajstić information content (AvgIpc) is 3.16. The molecule has 2 aromatic heterocycles. The normalized spacial score (nSPS) is 23.8. The van der Waals surface area contributed by atoms with Gasteiger partial charge in [0.2, 0.25) is 11.8 Å². The molecule has 2 fully saturated rings. The fourth-order valence-corrected chi connectivity index (χ4v) is 7.11. The highest BCUT2D eigenvalue weighted by Crippen LogP contribution is 2.65. The van der Waals surface area contributed by atoms with Crippen molar-refractivity contribution in [2.75, 3.05) is 6.54 Å². The maximum absolute atomic E-state index is 13.7. The molecule has 0 bridgehead atoms. The number of fused-ring (bicyclic) bond motifs is 2. The fraction of sp³-hybridized carbons (Fsp3) is 0.560. The van der Waals surface area contributed by atoms with Gasteiger partial charge in [-0.3, -0.25) is 19.4 Å². The van der Waals surface area contributed by atoms with Crippen LogP contribution in [0.3, 0.4) is 0 Å². The molecule has 1 unspecified atom stereocenters. The second-order valence-electron chi connectivity index (χ2n) is 11.4. The molecule has 3 heterocycles. The monoisotopic (exact) mass is 613 g/mol. The molecule has 2 aliphatic rings. The van der Waals surface area contributed by atoms with Crippen LogP contribution < -0.4 is 10.6 Å². The van der Waals surface area contributed by atoms with Gasteiger partial charge in [0.25, 0.3) is 0 Å². The zero-order valence-corrected chi connectivity index (χ0v) is 23.7. The molecule has 38 heavy (non-hydrogen) atoms. The maximum Gasteiger partial charge on any atom is 0.471 e. The Morgan fingerprint density at radius 1 is 1.24 bits per heavy atom. The molecule has 0 aromatic carbocycles. The van der Waals surface area contributed by atoms with Crippen LogP contribution in [0.15, 0.2) is 22.2 Å². The van der Waals surface area contributed by atoms with Gasteiger partial charge in [0.1, 0.15) is 18.1 Å². The number of halogens is 4. The standard InChI is InChI=1S/C25H27BrF3N5O3S/c1-23(2,3)19(33-22(37)25(27,28)29)21(36)34-9-12-17(24(12,4)5)18(34)20(35)32-14(6-30)11-7-31-8-15-16(11)13(26)10-38-15/h7-8,10,12,14,17-19H,9H2,1-5H3,(H,32,35)(H,33,37)/t12-,14?,17-,18-,19+/m0/s1. The minimum absolute atomic E-state index is 0.0437.